The molecular formula is C8H14N3O3+. The van der Waals surface area contributed by atoms with Crippen molar-refractivity contribution in [3.63, 3.8) is 0 Å². The van der Waals surface area contributed by atoms with Gasteiger partial charge in [0.1, 0.15) is 16.7 Å². The van der Waals surface area contributed by atoms with Crippen LogP contribution in [-0.2, 0) is 9.53 Å². The topological polar surface area (TPSA) is 96.8 Å². The van der Waals surface area contributed by atoms with Crippen LogP contribution >= 0.6 is 0 Å². The lowest BCUT2D eigenvalue weighted by Gasteiger charge is -2.28. The van der Waals surface area contributed by atoms with Crippen LogP contribution in [0, 0.1) is 11.4 Å². The zero-order valence-corrected chi connectivity index (χ0v) is 8.01. The summed E-state index contributed by atoms with van der Waals surface area (Å²) in [5.74, 6) is -1.27. The van der Waals surface area contributed by atoms with Gasteiger partial charge in [0, 0.05) is 13.5 Å². The first-order valence-corrected chi connectivity index (χ1v) is 4.51. The smallest absolute Gasteiger partial charge is 0.309 e. The molecule has 0 saturated heterocycles. The maximum absolute atomic E-state index is 10.8. The highest BCUT2D eigenvalue weighted by atomic mass is 16.5. The Labute approximate surface area is 81.5 Å². The molecule has 0 aromatic rings. The molecule has 1 aliphatic rings. The van der Waals surface area contributed by atoms with Crippen molar-refractivity contribution in [2.75, 3.05) is 7.11 Å². The lowest BCUT2D eigenvalue weighted by Crippen LogP contribution is -2.37. The fraction of sp³-hybridized carbons (Fsp3) is 0.875. The van der Waals surface area contributed by atoms with Crippen LogP contribution in [0.3, 0.4) is 0 Å². The highest BCUT2D eigenvalue weighted by molar-refractivity contribution is 5.70. The second kappa shape index (κ2) is 4.83. The van der Waals surface area contributed by atoms with Crippen LogP contribution in [0.1, 0.15) is 19.3 Å². The Bertz CT molecular complexity index is 263. The molecule has 0 aromatic carbocycles. The maximum Gasteiger partial charge on any atom is 0.309 e. The predicted octanol–water partition coefficient (Wildman–Crippen LogP) is 0.805. The van der Waals surface area contributed by atoms with E-state index >= 15 is 0 Å². The molecule has 14 heavy (non-hydrogen) atoms. The number of carboxylic acids is 1. The van der Waals surface area contributed by atoms with Crippen LogP contribution in [0.2, 0.25) is 0 Å². The lowest BCUT2D eigenvalue weighted by molar-refractivity contribution is -0.148. The number of ether oxygens (including phenoxy) is 1. The molecule has 1 rings (SSSR count). The van der Waals surface area contributed by atoms with E-state index in [-0.39, 0.29) is 12.1 Å². The van der Waals surface area contributed by atoms with Gasteiger partial charge in [0.2, 0.25) is 4.91 Å². The number of rotatable bonds is 3. The first-order valence-electron chi connectivity index (χ1n) is 4.51. The van der Waals surface area contributed by atoms with Crippen molar-refractivity contribution in [2.24, 2.45) is 11.0 Å². The number of nitrogens with one attached hydrogen (secondary N) is 1. The molecule has 0 aromatic heterocycles. The van der Waals surface area contributed by atoms with E-state index < -0.39 is 11.9 Å². The minimum atomic E-state index is -0.821. The Morgan fingerprint density at radius 2 is 2.36 bits per heavy atom. The fourth-order valence-corrected chi connectivity index (χ4v) is 1.84. The van der Waals surface area contributed by atoms with Gasteiger partial charge < -0.3 is 9.84 Å². The zero-order valence-electron chi connectivity index (χ0n) is 8.01. The molecule has 1 aliphatic carbocycles. The van der Waals surface area contributed by atoms with Gasteiger partial charge in [0.15, 0.2) is 0 Å². The van der Waals surface area contributed by atoms with Gasteiger partial charge in [0.25, 0.3) is 0 Å². The third-order valence-corrected chi connectivity index (χ3v) is 2.61. The Kier molecular flexibility index (Phi) is 3.73. The molecule has 0 radical (unpaired) electrons. The number of carboxylic acid groups (broad SMARTS) is 1. The Morgan fingerprint density at radius 1 is 1.64 bits per heavy atom. The summed E-state index contributed by atoms with van der Waals surface area (Å²) in [7, 11) is 1.50. The molecule has 0 spiro atoms. The van der Waals surface area contributed by atoms with Crippen LogP contribution in [0.25, 0.3) is 0 Å². The van der Waals surface area contributed by atoms with Crippen molar-refractivity contribution >= 4 is 5.97 Å². The van der Waals surface area contributed by atoms with Gasteiger partial charge in [-0.3, -0.25) is 4.79 Å². The average Bonchev–Trinajstić information content (AvgIpc) is 2.17. The van der Waals surface area contributed by atoms with Crippen molar-refractivity contribution in [3.05, 3.63) is 0 Å². The van der Waals surface area contributed by atoms with Crippen molar-refractivity contribution in [1.82, 2.24) is 4.91 Å². The second-order valence-electron chi connectivity index (χ2n) is 3.40. The molecule has 78 valence electrons. The van der Waals surface area contributed by atoms with Gasteiger partial charge in [-0.1, -0.05) is 0 Å². The van der Waals surface area contributed by atoms with Gasteiger partial charge in [-0.15, -0.1) is 0 Å². The largest absolute Gasteiger partial charge is 0.481 e. The van der Waals surface area contributed by atoms with E-state index in [9.17, 15) is 4.79 Å². The summed E-state index contributed by atoms with van der Waals surface area (Å²) >= 11 is 0. The zero-order chi connectivity index (χ0) is 10.6. The normalized spacial score (nSPS) is 31.9. The molecule has 2 N–H and O–H groups in total. The van der Waals surface area contributed by atoms with Crippen molar-refractivity contribution in [2.45, 2.75) is 31.4 Å². The number of hydrogen-bond acceptors (Lipinski definition) is 4. The van der Waals surface area contributed by atoms with Crippen LogP contribution in [0.4, 0.5) is 0 Å². The molecule has 0 aliphatic heterocycles. The Balaban J connectivity index is 2.63. The van der Waals surface area contributed by atoms with Crippen molar-refractivity contribution in [3.8, 4) is 0 Å². The van der Waals surface area contributed by atoms with Crippen LogP contribution in [-0.4, -0.2) is 30.3 Å². The van der Waals surface area contributed by atoms with Gasteiger partial charge in [-0.25, -0.2) is 0 Å². The predicted molar refractivity (Wildman–Crippen MR) is 46.8 cm³/mol. The SMILES string of the molecule is CO[C@@H]1C[C@@H](N=[N+]=N)CC[C@@H]1C(=O)O. The van der Waals surface area contributed by atoms with E-state index in [1.807, 2.05) is 0 Å². The van der Waals surface area contributed by atoms with Gasteiger partial charge in [0.05, 0.1) is 12.0 Å². The Morgan fingerprint density at radius 3 is 2.86 bits per heavy atom. The average molecular weight is 200 g/mol. The quantitative estimate of drug-likeness (QED) is 0.521. The number of methoxy groups -OCH3 is 1. The Hall–Kier alpha value is -1.26. The number of hydrogen-bond donors (Lipinski definition) is 2. The minimum Gasteiger partial charge on any atom is -0.481 e. The van der Waals surface area contributed by atoms with E-state index in [1.54, 1.807) is 0 Å². The summed E-state index contributed by atoms with van der Waals surface area (Å²) in [6.45, 7) is 0. The first kappa shape index (κ1) is 10.8. The number of aliphatic carboxylic acids is 1. The van der Waals surface area contributed by atoms with Gasteiger partial charge in [-0.2, -0.15) is 0 Å². The van der Waals surface area contributed by atoms with Crippen molar-refractivity contribution < 1.29 is 14.6 Å². The minimum absolute atomic E-state index is 0.0620. The van der Waals surface area contributed by atoms with Crippen LogP contribution in [0.5, 0.6) is 0 Å². The molecule has 6 nitrogen and oxygen atoms in total. The molecule has 0 heterocycles. The first-order chi connectivity index (χ1) is 6.69. The van der Waals surface area contributed by atoms with E-state index in [0.717, 1.165) is 0 Å². The summed E-state index contributed by atoms with van der Waals surface area (Å²) in [6, 6.07) is -0.0620. The van der Waals surface area contributed by atoms with E-state index in [1.165, 1.54) is 7.11 Å². The lowest BCUT2D eigenvalue weighted by atomic mass is 9.84. The van der Waals surface area contributed by atoms with E-state index in [2.05, 4.69) is 10.0 Å². The number of nitrogens with zero attached hydrogens (tertiary/aromatic N) is 2. The van der Waals surface area contributed by atoms with Crippen molar-refractivity contribution in [1.29, 1.82) is 5.53 Å². The summed E-state index contributed by atoms with van der Waals surface area (Å²) in [5.41, 5.74) is 6.60. The maximum atomic E-state index is 10.8. The summed E-state index contributed by atoms with van der Waals surface area (Å²) in [6.07, 6.45) is 1.43. The molecule has 3 atom stereocenters. The van der Waals surface area contributed by atoms with Crippen LogP contribution in [0.15, 0.2) is 5.11 Å². The molecule has 0 amide bonds. The monoisotopic (exact) mass is 200 g/mol. The third kappa shape index (κ3) is 2.37. The van der Waals surface area contributed by atoms with Crippen LogP contribution < -0.4 is 4.91 Å². The summed E-state index contributed by atoms with van der Waals surface area (Å²) < 4.78 is 5.10. The molecule has 0 unspecified atom stereocenters. The third-order valence-electron chi connectivity index (χ3n) is 2.61. The summed E-state index contributed by atoms with van der Waals surface area (Å²) in [5, 5.41) is 12.6. The molecular weight excluding hydrogens is 186 g/mol. The van der Waals surface area contributed by atoms with E-state index in [4.69, 9.17) is 15.4 Å². The molecule has 6 heteroatoms. The highest BCUT2D eigenvalue weighted by Crippen LogP contribution is 2.28. The molecule has 0 bridgehead atoms. The summed E-state index contributed by atoms with van der Waals surface area (Å²) in [4.78, 5) is 13.8. The second-order valence-corrected chi connectivity index (χ2v) is 3.40. The van der Waals surface area contributed by atoms with Gasteiger partial charge >= 0.3 is 5.97 Å². The molecule has 1 fully saturated rings. The van der Waals surface area contributed by atoms with Gasteiger partial charge in [-0.05, 0) is 12.8 Å². The highest BCUT2D eigenvalue weighted by Gasteiger charge is 2.36. The van der Waals surface area contributed by atoms with E-state index in [0.29, 0.717) is 19.3 Å². The standard InChI is InChI=1S/C8H13N3O3/c1-14-7-4-5(10-11-9)2-3-6(7)8(12)13/h5-7,9H,2-4H2,1H3/p+1/t5-,6-,7+/m0/s1. The molecule has 1 saturated carbocycles. The number of carbonyl (C=O) groups is 1. The fourth-order valence-electron chi connectivity index (χ4n) is 1.84.